The number of carbonyl (C=O) groups is 1. The number of rotatable bonds is 36. The zero-order chi connectivity index (χ0) is 37.9. The molecular formula is C42H80N2O6P+. The van der Waals surface area contributed by atoms with Gasteiger partial charge in [0.25, 0.3) is 0 Å². The van der Waals surface area contributed by atoms with E-state index in [9.17, 15) is 19.4 Å². The van der Waals surface area contributed by atoms with Crippen LogP contribution in [0.25, 0.3) is 0 Å². The van der Waals surface area contributed by atoms with Gasteiger partial charge < -0.3 is 19.8 Å². The van der Waals surface area contributed by atoms with E-state index in [1.54, 1.807) is 6.08 Å². The average Bonchev–Trinajstić information content (AvgIpc) is 3.07. The lowest BCUT2D eigenvalue weighted by molar-refractivity contribution is -0.870. The Kier molecular flexibility index (Phi) is 33.2. The van der Waals surface area contributed by atoms with Crippen LogP contribution >= 0.6 is 7.82 Å². The predicted molar refractivity (Wildman–Crippen MR) is 217 cm³/mol. The van der Waals surface area contributed by atoms with E-state index in [0.717, 1.165) is 64.2 Å². The number of nitrogens with zero attached hydrogens (tertiary/aromatic N) is 1. The van der Waals surface area contributed by atoms with Crippen LogP contribution in [0.1, 0.15) is 162 Å². The molecule has 0 aliphatic heterocycles. The average molecular weight is 740 g/mol. The van der Waals surface area contributed by atoms with Crippen molar-refractivity contribution in [3.63, 3.8) is 0 Å². The molecule has 51 heavy (non-hydrogen) atoms. The quantitative estimate of drug-likeness (QED) is 0.0256. The summed E-state index contributed by atoms with van der Waals surface area (Å²) in [6.07, 6.45) is 41.9. The maximum absolute atomic E-state index is 12.8. The monoisotopic (exact) mass is 740 g/mol. The van der Waals surface area contributed by atoms with Crippen molar-refractivity contribution in [3.05, 3.63) is 48.6 Å². The predicted octanol–water partition coefficient (Wildman–Crippen LogP) is 10.9. The molecule has 8 nitrogen and oxygen atoms in total. The van der Waals surface area contributed by atoms with E-state index in [0.29, 0.717) is 17.4 Å². The highest BCUT2D eigenvalue weighted by Gasteiger charge is 2.27. The lowest BCUT2D eigenvalue weighted by Gasteiger charge is -2.25. The summed E-state index contributed by atoms with van der Waals surface area (Å²) in [7, 11) is 1.53. The summed E-state index contributed by atoms with van der Waals surface area (Å²) in [4.78, 5) is 23.0. The first-order chi connectivity index (χ1) is 24.5. The molecule has 0 aromatic rings. The molecule has 0 aliphatic rings. The molecule has 0 bridgehead atoms. The van der Waals surface area contributed by atoms with Crippen LogP contribution in [-0.2, 0) is 18.4 Å². The summed E-state index contributed by atoms with van der Waals surface area (Å²) < 4.78 is 23.4. The number of quaternary nitrogens is 1. The van der Waals surface area contributed by atoms with Gasteiger partial charge in [-0.3, -0.25) is 13.8 Å². The van der Waals surface area contributed by atoms with E-state index in [2.05, 4.69) is 55.6 Å². The SMILES string of the molecule is CCCC/C=C\CCCCCCC(=O)NC(COP(=O)(O)OCC[N+](C)(C)C)C(O)/C=C/CC/C=C/CC/C=C/CCCCCCCCCCC. The van der Waals surface area contributed by atoms with Crippen molar-refractivity contribution < 1.29 is 32.9 Å². The van der Waals surface area contributed by atoms with Gasteiger partial charge in [-0.25, -0.2) is 4.57 Å². The van der Waals surface area contributed by atoms with Crippen LogP contribution < -0.4 is 5.32 Å². The Balaban J connectivity index is 4.55. The maximum Gasteiger partial charge on any atom is 0.472 e. The molecule has 0 aliphatic carbocycles. The van der Waals surface area contributed by atoms with Gasteiger partial charge in [-0.2, -0.15) is 0 Å². The Morgan fingerprint density at radius 1 is 0.647 bits per heavy atom. The molecule has 3 N–H and O–H groups in total. The van der Waals surface area contributed by atoms with Crippen LogP contribution in [0.15, 0.2) is 48.6 Å². The van der Waals surface area contributed by atoms with Crippen LogP contribution in [0.5, 0.6) is 0 Å². The highest BCUT2D eigenvalue weighted by molar-refractivity contribution is 7.47. The van der Waals surface area contributed by atoms with Crippen LogP contribution in [0.4, 0.5) is 0 Å². The molecule has 3 atom stereocenters. The standard InChI is InChI=1S/C42H79N2O6P/c1-6-8-10-12-14-16-18-19-20-21-22-23-24-25-26-27-29-31-33-35-41(45)40(39-50-51(47,48)49-38-37-44(3,4)5)43-42(46)36-34-32-30-28-17-15-13-11-9-7-2/h13,15,22-23,26-27,33,35,40-41,45H,6-12,14,16-21,24-25,28-32,34,36-39H2,1-5H3,(H-,43,46,47,48)/p+1/b15-13-,23-22+,27-26+,35-33+. The summed E-state index contributed by atoms with van der Waals surface area (Å²) in [6.45, 7) is 4.70. The minimum atomic E-state index is -4.35. The van der Waals surface area contributed by atoms with Crippen molar-refractivity contribution in [3.8, 4) is 0 Å². The van der Waals surface area contributed by atoms with E-state index in [-0.39, 0.29) is 19.1 Å². The number of allylic oxidation sites excluding steroid dienone is 7. The van der Waals surface area contributed by atoms with E-state index in [1.165, 1.54) is 77.0 Å². The molecule has 0 radical (unpaired) electrons. The fourth-order valence-corrected chi connectivity index (χ4v) is 6.14. The van der Waals surface area contributed by atoms with Gasteiger partial charge in [-0.1, -0.05) is 140 Å². The molecule has 0 spiro atoms. The van der Waals surface area contributed by atoms with Crippen molar-refractivity contribution >= 4 is 13.7 Å². The second kappa shape index (κ2) is 34.2. The van der Waals surface area contributed by atoms with E-state index >= 15 is 0 Å². The third-order valence-electron chi connectivity index (χ3n) is 8.75. The van der Waals surface area contributed by atoms with Gasteiger partial charge >= 0.3 is 7.82 Å². The smallest absolute Gasteiger partial charge is 0.387 e. The highest BCUT2D eigenvalue weighted by Crippen LogP contribution is 2.43. The lowest BCUT2D eigenvalue weighted by atomic mass is 10.1. The minimum absolute atomic E-state index is 0.0501. The first-order valence-corrected chi connectivity index (χ1v) is 22.0. The molecule has 1 amide bonds. The molecule has 0 aromatic heterocycles. The molecule has 0 rings (SSSR count). The minimum Gasteiger partial charge on any atom is -0.387 e. The van der Waals surface area contributed by atoms with E-state index < -0.39 is 20.0 Å². The molecule has 298 valence electrons. The Bertz CT molecular complexity index is 975. The van der Waals surface area contributed by atoms with Crippen molar-refractivity contribution in [2.45, 2.75) is 174 Å². The molecule has 0 heterocycles. The number of aliphatic hydroxyl groups is 1. The first-order valence-electron chi connectivity index (χ1n) is 20.5. The fraction of sp³-hybridized carbons (Fsp3) is 0.786. The van der Waals surface area contributed by atoms with Crippen LogP contribution in [-0.4, -0.2) is 73.4 Å². The molecule has 0 saturated heterocycles. The molecule has 9 heteroatoms. The summed E-state index contributed by atoms with van der Waals surface area (Å²) in [5, 5.41) is 13.7. The number of phosphoric ester groups is 1. The zero-order valence-corrected chi connectivity index (χ0v) is 34.5. The summed E-state index contributed by atoms with van der Waals surface area (Å²) in [5.41, 5.74) is 0. The highest BCUT2D eigenvalue weighted by atomic mass is 31.2. The maximum atomic E-state index is 12.8. The second-order valence-electron chi connectivity index (χ2n) is 15.0. The van der Waals surface area contributed by atoms with Crippen LogP contribution in [0, 0.1) is 0 Å². The molecular weight excluding hydrogens is 659 g/mol. The molecule has 0 saturated carbocycles. The number of carbonyl (C=O) groups excluding carboxylic acids is 1. The van der Waals surface area contributed by atoms with Gasteiger partial charge in [0.1, 0.15) is 13.2 Å². The molecule has 0 fully saturated rings. The Morgan fingerprint density at radius 2 is 1.10 bits per heavy atom. The van der Waals surface area contributed by atoms with Gasteiger partial charge in [-0.15, -0.1) is 0 Å². The van der Waals surface area contributed by atoms with Gasteiger partial charge in [0.15, 0.2) is 0 Å². The summed E-state index contributed by atoms with van der Waals surface area (Å²) in [5.74, 6) is -0.209. The number of aliphatic hydroxyl groups excluding tert-OH is 1. The lowest BCUT2D eigenvalue weighted by Crippen LogP contribution is -2.45. The number of amides is 1. The normalized spacial score (nSPS) is 15.0. The molecule has 3 unspecified atom stereocenters. The number of hydrogen-bond donors (Lipinski definition) is 3. The topological polar surface area (TPSA) is 105 Å². The van der Waals surface area contributed by atoms with Gasteiger partial charge in [0.05, 0.1) is 39.9 Å². The van der Waals surface area contributed by atoms with Crippen molar-refractivity contribution in [2.75, 3.05) is 40.9 Å². The summed E-state index contributed by atoms with van der Waals surface area (Å²) >= 11 is 0. The van der Waals surface area contributed by atoms with Crippen LogP contribution in [0.2, 0.25) is 0 Å². The van der Waals surface area contributed by atoms with Gasteiger partial charge in [0.2, 0.25) is 5.91 Å². The van der Waals surface area contributed by atoms with Crippen molar-refractivity contribution in [1.82, 2.24) is 5.32 Å². The number of unbranched alkanes of at least 4 members (excludes halogenated alkanes) is 17. The third kappa shape index (κ3) is 36.6. The van der Waals surface area contributed by atoms with Crippen molar-refractivity contribution in [1.29, 1.82) is 0 Å². The zero-order valence-electron chi connectivity index (χ0n) is 33.6. The Labute approximate surface area is 314 Å². The van der Waals surface area contributed by atoms with Gasteiger partial charge in [-0.05, 0) is 64.2 Å². The van der Waals surface area contributed by atoms with E-state index in [1.807, 2.05) is 27.2 Å². The Hall–Kier alpha value is -1.54. The van der Waals surface area contributed by atoms with Crippen LogP contribution in [0.3, 0.4) is 0 Å². The number of phosphoric acid groups is 1. The second-order valence-corrected chi connectivity index (χ2v) is 16.4. The van der Waals surface area contributed by atoms with Gasteiger partial charge in [0, 0.05) is 6.42 Å². The fourth-order valence-electron chi connectivity index (χ4n) is 5.40. The molecule has 0 aromatic carbocycles. The number of hydrogen-bond acceptors (Lipinski definition) is 5. The summed E-state index contributed by atoms with van der Waals surface area (Å²) in [6, 6.07) is -0.873. The van der Waals surface area contributed by atoms with E-state index in [4.69, 9.17) is 9.05 Å². The number of likely N-dealkylation sites (N-methyl/N-ethyl adjacent to an activating group) is 1. The third-order valence-corrected chi connectivity index (χ3v) is 9.73. The Morgan fingerprint density at radius 3 is 1.63 bits per heavy atom. The largest absolute Gasteiger partial charge is 0.472 e. The first kappa shape index (κ1) is 49.5. The number of nitrogens with one attached hydrogen (secondary N) is 1. The van der Waals surface area contributed by atoms with Crippen molar-refractivity contribution in [2.24, 2.45) is 0 Å².